The van der Waals surface area contributed by atoms with Crippen LogP contribution < -0.4 is 4.90 Å². The zero-order chi connectivity index (χ0) is 12.8. The van der Waals surface area contributed by atoms with Gasteiger partial charge in [-0.15, -0.1) is 0 Å². The predicted molar refractivity (Wildman–Crippen MR) is 64.2 cm³/mol. The Labute approximate surface area is 99.9 Å². The maximum Gasteiger partial charge on any atom is 0.292 e. The first-order valence-corrected chi connectivity index (χ1v) is 5.10. The minimum Gasteiger partial charge on any atom is -0.364 e. The molecule has 0 saturated heterocycles. The van der Waals surface area contributed by atoms with Crippen LogP contribution in [0.5, 0.6) is 0 Å². The second-order valence-corrected chi connectivity index (χ2v) is 3.53. The number of hydrogen-bond donors (Lipinski definition) is 0. The summed E-state index contributed by atoms with van der Waals surface area (Å²) < 4.78 is 10.1. The van der Waals surface area contributed by atoms with Gasteiger partial charge in [0, 0.05) is 27.3 Å². The van der Waals surface area contributed by atoms with E-state index in [0.29, 0.717) is 12.2 Å². The molecule has 0 aliphatic rings. The van der Waals surface area contributed by atoms with E-state index in [1.165, 1.54) is 20.3 Å². The summed E-state index contributed by atoms with van der Waals surface area (Å²) in [5, 5.41) is 10.9. The van der Waals surface area contributed by atoms with E-state index in [9.17, 15) is 10.1 Å². The summed E-state index contributed by atoms with van der Waals surface area (Å²) in [6, 6.07) is 6.56. The van der Waals surface area contributed by atoms with Gasteiger partial charge in [0.15, 0.2) is 6.29 Å². The Morgan fingerprint density at radius 1 is 1.35 bits per heavy atom. The molecule has 0 aliphatic heterocycles. The van der Waals surface area contributed by atoms with Crippen molar-refractivity contribution in [2.24, 2.45) is 0 Å². The quantitative estimate of drug-likeness (QED) is 0.429. The Balaban J connectivity index is 2.88. The van der Waals surface area contributed by atoms with Crippen LogP contribution >= 0.6 is 0 Å². The maximum atomic E-state index is 10.9. The molecular formula is C11H16N2O4. The fourth-order valence-electron chi connectivity index (χ4n) is 1.51. The molecule has 0 atom stereocenters. The van der Waals surface area contributed by atoms with E-state index in [1.54, 1.807) is 30.1 Å². The van der Waals surface area contributed by atoms with Crippen molar-refractivity contribution in [3.8, 4) is 0 Å². The van der Waals surface area contributed by atoms with Gasteiger partial charge in [-0.1, -0.05) is 12.1 Å². The topological polar surface area (TPSA) is 64.8 Å². The second-order valence-electron chi connectivity index (χ2n) is 3.53. The molecule has 1 rings (SSSR count). The molecule has 0 unspecified atom stereocenters. The molecule has 0 amide bonds. The molecule has 1 aromatic carbocycles. The van der Waals surface area contributed by atoms with E-state index < -0.39 is 11.2 Å². The zero-order valence-corrected chi connectivity index (χ0v) is 10.1. The van der Waals surface area contributed by atoms with E-state index >= 15 is 0 Å². The van der Waals surface area contributed by atoms with Crippen molar-refractivity contribution < 1.29 is 14.4 Å². The van der Waals surface area contributed by atoms with Gasteiger partial charge in [0.05, 0.1) is 11.5 Å². The molecule has 0 aliphatic carbocycles. The number of methoxy groups -OCH3 is 2. The Hall–Kier alpha value is -1.66. The molecule has 0 bridgehead atoms. The minimum atomic E-state index is -0.417. The van der Waals surface area contributed by atoms with Gasteiger partial charge < -0.3 is 14.4 Å². The lowest BCUT2D eigenvalue weighted by molar-refractivity contribution is -0.384. The van der Waals surface area contributed by atoms with Crippen LogP contribution in [0.1, 0.15) is 0 Å². The number of likely N-dealkylation sites (N-methyl/N-ethyl adjacent to an activating group) is 1. The van der Waals surface area contributed by atoms with E-state index in [4.69, 9.17) is 9.47 Å². The average molecular weight is 240 g/mol. The molecule has 0 radical (unpaired) electrons. The number of hydrogen-bond acceptors (Lipinski definition) is 5. The van der Waals surface area contributed by atoms with Crippen molar-refractivity contribution in [3.63, 3.8) is 0 Å². The summed E-state index contributed by atoms with van der Waals surface area (Å²) in [4.78, 5) is 12.2. The van der Waals surface area contributed by atoms with Crippen molar-refractivity contribution >= 4 is 11.4 Å². The average Bonchev–Trinajstić information content (AvgIpc) is 2.35. The number of rotatable bonds is 6. The zero-order valence-electron chi connectivity index (χ0n) is 10.1. The molecule has 6 nitrogen and oxygen atoms in total. The fourth-order valence-corrected chi connectivity index (χ4v) is 1.51. The predicted octanol–water partition coefficient (Wildman–Crippen LogP) is 1.65. The largest absolute Gasteiger partial charge is 0.364 e. The van der Waals surface area contributed by atoms with Crippen LogP contribution in [-0.4, -0.2) is 39.0 Å². The normalized spacial score (nSPS) is 10.6. The van der Waals surface area contributed by atoms with Crippen LogP contribution in [0.25, 0.3) is 0 Å². The summed E-state index contributed by atoms with van der Waals surface area (Å²) in [5.41, 5.74) is 0.609. The first-order valence-electron chi connectivity index (χ1n) is 5.10. The molecule has 6 heteroatoms. The van der Waals surface area contributed by atoms with Gasteiger partial charge >= 0.3 is 0 Å². The molecule has 17 heavy (non-hydrogen) atoms. The van der Waals surface area contributed by atoms with E-state index in [-0.39, 0.29) is 5.69 Å². The molecular weight excluding hydrogens is 224 g/mol. The molecule has 0 saturated carbocycles. The lowest BCUT2D eigenvalue weighted by Gasteiger charge is -2.23. The molecule has 0 heterocycles. The number of para-hydroxylation sites is 2. The lowest BCUT2D eigenvalue weighted by atomic mass is 10.2. The third kappa shape index (κ3) is 3.40. The highest BCUT2D eigenvalue weighted by molar-refractivity contribution is 5.62. The van der Waals surface area contributed by atoms with Crippen molar-refractivity contribution in [2.45, 2.75) is 6.29 Å². The van der Waals surface area contributed by atoms with Gasteiger partial charge in [0.2, 0.25) is 0 Å². The van der Waals surface area contributed by atoms with Crippen LogP contribution in [-0.2, 0) is 9.47 Å². The SMILES string of the molecule is COC(CN(C)c1ccccc1[N+](=O)[O-])OC. The van der Waals surface area contributed by atoms with Gasteiger partial charge in [-0.3, -0.25) is 10.1 Å². The Morgan fingerprint density at radius 2 is 1.94 bits per heavy atom. The van der Waals surface area contributed by atoms with Crippen molar-refractivity contribution in [1.82, 2.24) is 0 Å². The van der Waals surface area contributed by atoms with Crippen molar-refractivity contribution in [3.05, 3.63) is 34.4 Å². The molecule has 0 aromatic heterocycles. The highest BCUT2D eigenvalue weighted by Crippen LogP contribution is 2.26. The maximum absolute atomic E-state index is 10.9. The Kier molecular flexibility index (Phi) is 4.86. The summed E-state index contributed by atoms with van der Waals surface area (Å²) in [6.45, 7) is 0.415. The smallest absolute Gasteiger partial charge is 0.292 e. The Morgan fingerprint density at radius 3 is 2.47 bits per heavy atom. The summed E-state index contributed by atoms with van der Waals surface area (Å²) in [7, 11) is 4.82. The van der Waals surface area contributed by atoms with Crippen LogP contribution in [0, 0.1) is 10.1 Å². The minimum absolute atomic E-state index is 0.0703. The van der Waals surface area contributed by atoms with Crippen molar-refractivity contribution in [2.75, 3.05) is 32.7 Å². The van der Waals surface area contributed by atoms with Gasteiger partial charge in [-0.25, -0.2) is 0 Å². The van der Waals surface area contributed by atoms with E-state index in [2.05, 4.69) is 0 Å². The van der Waals surface area contributed by atoms with Gasteiger partial charge in [-0.2, -0.15) is 0 Å². The molecule has 94 valence electrons. The van der Waals surface area contributed by atoms with Crippen LogP contribution in [0.15, 0.2) is 24.3 Å². The van der Waals surface area contributed by atoms with Crippen LogP contribution in [0.3, 0.4) is 0 Å². The number of benzene rings is 1. The molecule has 0 spiro atoms. The van der Waals surface area contributed by atoms with Gasteiger partial charge in [0.25, 0.3) is 5.69 Å². The highest BCUT2D eigenvalue weighted by Gasteiger charge is 2.18. The first-order chi connectivity index (χ1) is 8.10. The van der Waals surface area contributed by atoms with Crippen molar-refractivity contribution in [1.29, 1.82) is 0 Å². The number of ether oxygens (including phenoxy) is 2. The van der Waals surface area contributed by atoms with Crippen LogP contribution in [0.4, 0.5) is 11.4 Å². The second kappa shape index (κ2) is 6.17. The monoisotopic (exact) mass is 240 g/mol. The lowest BCUT2D eigenvalue weighted by Crippen LogP contribution is -2.31. The fraction of sp³-hybridized carbons (Fsp3) is 0.455. The number of nitro groups is 1. The standard InChI is InChI=1S/C11H16N2O4/c1-12(8-11(16-2)17-3)9-6-4-5-7-10(9)13(14)15/h4-7,11H,8H2,1-3H3. The summed E-state index contributed by atoms with van der Waals surface area (Å²) >= 11 is 0. The third-order valence-corrected chi connectivity index (χ3v) is 2.44. The molecule has 0 N–H and O–H groups in total. The van der Waals surface area contributed by atoms with E-state index in [0.717, 1.165) is 0 Å². The summed E-state index contributed by atoms with van der Waals surface area (Å²) in [5.74, 6) is 0. The Bertz CT molecular complexity index is 379. The van der Waals surface area contributed by atoms with Crippen LogP contribution in [0.2, 0.25) is 0 Å². The third-order valence-electron chi connectivity index (χ3n) is 2.44. The number of nitro benzene ring substituents is 1. The van der Waals surface area contributed by atoms with Gasteiger partial charge in [0.1, 0.15) is 5.69 Å². The summed E-state index contributed by atoms with van der Waals surface area (Å²) in [6.07, 6.45) is -0.417. The van der Waals surface area contributed by atoms with Gasteiger partial charge in [-0.05, 0) is 6.07 Å². The molecule has 0 fully saturated rings. The number of anilines is 1. The highest BCUT2D eigenvalue weighted by atomic mass is 16.7. The first kappa shape index (κ1) is 13.4. The van der Waals surface area contributed by atoms with E-state index in [1.807, 2.05) is 0 Å². The number of nitrogens with zero attached hydrogens (tertiary/aromatic N) is 2. The molecule has 1 aromatic rings.